The average Bonchev–Trinajstić information content (AvgIpc) is 2.71. The van der Waals surface area contributed by atoms with Gasteiger partial charge in [0.2, 0.25) is 0 Å². The maximum Gasteiger partial charge on any atom is 0.0559 e. The molecule has 0 bridgehead atoms. The van der Waals surface area contributed by atoms with Crippen LogP contribution in [0.15, 0.2) is 36.9 Å². The van der Waals surface area contributed by atoms with Gasteiger partial charge in [0.15, 0.2) is 0 Å². The number of H-pyrrole nitrogens is 1. The number of rotatable bonds is 1. The number of hydrogen-bond acceptors (Lipinski definition) is 2. The standard InChI is InChI=1S/C14H13N3/c1-2-8-6-7-10(16)13-12-9(15)4-3-5-11(12)17-14(8)13/h2-7,17H,1,15-16H2. The van der Waals surface area contributed by atoms with E-state index in [1.54, 1.807) is 0 Å². The SMILES string of the molecule is C=Cc1ccc(N)c2c1[nH]c1cccc(N)c12. The molecule has 84 valence electrons. The van der Waals surface area contributed by atoms with Crippen LogP contribution in [0, 0.1) is 0 Å². The topological polar surface area (TPSA) is 67.8 Å². The number of anilines is 2. The molecular weight excluding hydrogens is 210 g/mol. The molecule has 1 heterocycles. The van der Waals surface area contributed by atoms with Crippen LogP contribution in [-0.4, -0.2) is 4.98 Å². The van der Waals surface area contributed by atoms with Crippen LogP contribution in [-0.2, 0) is 0 Å². The van der Waals surface area contributed by atoms with Crippen molar-refractivity contribution in [3.63, 3.8) is 0 Å². The molecule has 0 spiro atoms. The Kier molecular flexibility index (Phi) is 1.89. The highest BCUT2D eigenvalue weighted by molar-refractivity contribution is 6.19. The van der Waals surface area contributed by atoms with Crippen LogP contribution in [0.4, 0.5) is 11.4 Å². The number of aromatic amines is 1. The van der Waals surface area contributed by atoms with Crippen molar-refractivity contribution < 1.29 is 0 Å². The van der Waals surface area contributed by atoms with E-state index in [1.165, 1.54) is 0 Å². The number of hydrogen-bond donors (Lipinski definition) is 3. The lowest BCUT2D eigenvalue weighted by atomic mass is 10.1. The van der Waals surface area contributed by atoms with Gasteiger partial charge < -0.3 is 16.5 Å². The Balaban J connectivity index is 2.65. The summed E-state index contributed by atoms with van der Waals surface area (Å²) in [5.41, 5.74) is 16.6. The summed E-state index contributed by atoms with van der Waals surface area (Å²) in [5, 5.41) is 1.97. The summed E-state index contributed by atoms with van der Waals surface area (Å²) in [6, 6.07) is 9.65. The van der Waals surface area contributed by atoms with E-state index in [0.717, 1.165) is 38.7 Å². The van der Waals surface area contributed by atoms with Gasteiger partial charge in [-0.3, -0.25) is 0 Å². The van der Waals surface area contributed by atoms with E-state index in [-0.39, 0.29) is 0 Å². The highest BCUT2D eigenvalue weighted by Crippen LogP contribution is 2.35. The second-order valence-corrected chi connectivity index (χ2v) is 4.09. The summed E-state index contributed by atoms with van der Waals surface area (Å²) < 4.78 is 0. The number of fused-ring (bicyclic) bond motifs is 3. The van der Waals surface area contributed by atoms with Crippen LogP contribution in [0.3, 0.4) is 0 Å². The zero-order chi connectivity index (χ0) is 12.0. The molecule has 0 saturated heterocycles. The van der Waals surface area contributed by atoms with Crippen molar-refractivity contribution in [1.82, 2.24) is 4.98 Å². The molecule has 0 amide bonds. The number of aromatic nitrogens is 1. The third kappa shape index (κ3) is 1.22. The van der Waals surface area contributed by atoms with Crippen LogP contribution in [0.2, 0.25) is 0 Å². The largest absolute Gasteiger partial charge is 0.398 e. The van der Waals surface area contributed by atoms with Crippen LogP contribution in [0.25, 0.3) is 27.9 Å². The molecule has 0 unspecified atom stereocenters. The Morgan fingerprint density at radius 3 is 2.53 bits per heavy atom. The van der Waals surface area contributed by atoms with E-state index in [0.29, 0.717) is 0 Å². The molecule has 17 heavy (non-hydrogen) atoms. The normalized spacial score (nSPS) is 11.1. The van der Waals surface area contributed by atoms with Gasteiger partial charge in [-0.15, -0.1) is 0 Å². The van der Waals surface area contributed by atoms with E-state index in [9.17, 15) is 0 Å². The van der Waals surface area contributed by atoms with E-state index in [1.807, 2.05) is 36.4 Å². The molecule has 3 rings (SSSR count). The number of nitrogens with two attached hydrogens (primary N) is 2. The molecule has 0 radical (unpaired) electrons. The van der Waals surface area contributed by atoms with Gasteiger partial charge in [-0.25, -0.2) is 0 Å². The Bertz CT molecular complexity index is 738. The average molecular weight is 223 g/mol. The van der Waals surface area contributed by atoms with E-state index in [2.05, 4.69) is 11.6 Å². The van der Waals surface area contributed by atoms with Gasteiger partial charge >= 0.3 is 0 Å². The minimum Gasteiger partial charge on any atom is -0.398 e. The zero-order valence-corrected chi connectivity index (χ0v) is 9.33. The van der Waals surface area contributed by atoms with Crippen molar-refractivity contribution in [2.45, 2.75) is 0 Å². The van der Waals surface area contributed by atoms with Crippen molar-refractivity contribution in [3.8, 4) is 0 Å². The van der Waals surface area contributed by atoms with Crippen molar-refractivity contribution >= 4 is 39.3 Å². The Labute approximate surface area is 98.7 Å². The van der Waals surface area contributed by atoms with Gasteiger partial charge in [-0.05, 0) is 23.8 Å². The zero-order valence-electron chi connectivity index (χ0n) is 9.33. The summed E-state index contributed by atoms with van der Waals surface area (Å²) in [5.74, 6) is 0. The van der Waals surface area contributed by atoms with Gasteiger partial charge in [0.1, 0.15) is 0 Å². The van der Waals surface area contributed by atoms with Gasteiger partial charge in [-0.1, -0.05) is 24.8 Å². The van der Waals surface area contributed by atoms with Gasteiger partial charge in [-0.2, -0.15) is 0 Å². The van der Waals surface area contributed by atoms with Crippen molar-refractivity contribution in [2.24, 2.45) is 0 Å². The van der Waals surface area contributed by atoms with Crippen LogP contribution in [0.1, 0.15) is 5.56 Å². The molecule has 0 aliphatic carbocycles. The Morgan fingerprint density at radius 2 is 1.76 bits per heavy atom. The second kappa shape index (κ2) is 3.28. The van der Waals surface area contributed by atoms with Gasteiger partial charge in [0.05, 0.1) is 5.52 Å². The first-order valence-electron chi connectivity index (χ1n) is 5.43. The predicted molar refractivity (Wildman–Crippen MR) is 74.7 cm³/mol. The van der Waals surface area contributed by atoms with Gasteiger partial charge in [0, 0.05) is 27.7 Å². The molecule has 3 aromatic rings. The lowest BCUT2D eigenvalue weighted by molar-refractivity contribution is 1.53. The molecule has 5 N–H and O–H groups in total. The fraction of sp³-hybridized carbons (Fsp3) is 0. The molecule has 1 aromatic heterocycles. The second-order valence-electron chi connectivity index (χ2n) is 4.09. The third-order valence-electron chi connectivity index (χ3n) is 3.10. The minimum atomic E-state index is 0.731. The summed E-state index contributed by atoms with van der Waals surface area (Å²) in [7, 11) is 0. The molecule has 3 nitrogen and oxygen atoms in total. The van der Waals surface area contributed by atoms with Gasteiger partial charge in [0.25, 0.3) is 0 Å². The van der Waals surface area contributed by atoms with Crippen molar-refractivity contribution in [2.75, 3.05) is 11.5 Å². The fourth-order valence-electron chi connectivity index (χ4n) is 2.30. The maximum absolute atomic E-state index is 6.05. The summed E-state index contributed by atoms with van der Waals surface area (Å²) in [6.45, 7) is 3.81. The molecule has 0 fully saturated rings. The predicted octanol–water partition coefficient (Wildman–Crippen LogP) is 3.13. The summed E-state index contributed by atoms with van der Waals surface area (Å²) >= 11 is 0. The van der Waals surface area contributed by atoms with Crippen molar-refractivity contribution in [1.29, 1.82) is 0 Å². The molecule has 0 aliphatic rings. The first kappa shape index (κ1) is 9.78. The van der Waals surface area contributed by atoms with E-state index < -0.39 is 0 Å². The molecule has 0 aliphatic heterocycles. The Morgan fingerprint density at radius 1 is 1.00 bits per heavy atom. The highest BCUT2D eigenvalue weighted by atomic mass is 14.7. The first-order valence-corrected chi connectivity index (χ1v) is 5.43. The van der Waals surface area contributed by atoms with Crippen LogP contribution in [0.5, 0.6) is 0 Å². The number of nitrogen functional groups attached to an aromatic ring is 2. The molecule has 2 aromatic carbocycles. The quantitative estimate of drug-likeness (QED) is 0.555. The lowest BCUT2D eigenvalue weighted by Crippen LogP contribution is -1.89. The smallest absolute Gasteiger partial charge is 0.0559 e. The Hall–Kier alpha value is -2.42. The molecule has 0 atom stereocenters. The molecule has 3 heteroatoms. The summed E-state index contributed by atoms with van der Waals surface area (Å²) in [4.78, 5) is 3.35. The summed E-state index contributed by atoms with van der Waals surface area (Å²) in [6.07, 6.45) is 1.81. The fourth-order valence-corrected chi connectivity index (χ4v) is 2.30. The van der Waals surface area contributed by atoms with Crippen LogP contribution >= 0.6 is 0 Å². The minimum absolute atomic E-state index is 0.731. The first-order chi connectivity index (χ1) is 8.22. The molecule has 0 saturated carbocycles. The van der Waals surface area contributed by atoms with Crippen LogP contribution < -0.4 is 11.5 Å². The molecular formula is C14H13N3. The third-order valence-corrected chi connectivity index (χ3v) is 3.10. The van der Waals surface area contributed by atoms with E-state index >= 15 is 0 Å². The maximum atomic E-state index is 6.05. The number of benzene rings is 2. The monoisotopic (exact) mass is 223 g/mol. The van der Waals surface area contributed by atoms with Crippen molar-refractivity contribution in [3.05, 3.63) is 42.5 Å². The van der Waals surface area contributed by atoms with E-state index in [4.69, 9.17) is 11.5 Å². The lowest BCUT2D eigenvalue weighted by Gasteiger charge is -2.01. The number of nitrogens with one attached hydrogen (secondary N) is 1. The highest BCUT2D eigenvalue weighted by Gasteiger charge is 2.11.